The van der Waals surface area contributed by atoms with Crippen LogP contribution >= 0.6 is 0 Å². The van der Waals surface area contributed by atoms with E-state index in [9.17, 15) is 4.79 Å². The van der Waals surface area contributed by atoms with E-state index in [1.807, 2.05) is 43.3 Å². The molecule has 0 atom stereocenters. The summed E-state index contributed by atoms with van der Waals surface area (Å²) in [5.41, 5.74) is 8.15. The van der Waals surface area contributed by atoms with E-state index < -0.39 is 0 Å². The van der Waals surface area contributed by atoms with Crippen molar-refractivity contribution < 1.29 is 0 Å². The Hall–Kier alpha value is -2.31. The van der Waals surface area contributed by atoms with Crippen molar-refractivity contribution in [2.75, 3.05) is 6.54 Å². The molecule has 0 radical (unpaired) electrons. The van der Waals surface area contributed by atoms with E-state index in [2.05, 4.69) is 11.8 Å². The van der Waals surface area contributed by atoms with Gasteiger partial charge in [0.15, 0.2) is 0 Å². The Morgan fingerprint density at radius 3 is 2.63 bits per heavy atom. The first-order chi connectivity index (χ1) is 9.20. The summed E-state index contributed by atoms with van der Waals surface area (Å²) >= 11 is 0. The molecule has 0 saturated heterocycles. The fraction of sp³-hybridized carbons (Fsp3) is 0.188. The van der Waals surface area contributed by atoms with Crippen LogP contribution in [0.25, 0.3) is 0 Å². The molecule has 1 aromatic carbocycles. The zero-order chi connectivity index (χ0) is 13.7. The van der Waals surface area contributed by atoms with E-state index in [1.54, 1.807) is 10.8 Å². The van der Waals surface area contributed by atoms with Gasteiger partial charge in [-0.25, -0.2) is 0 Å². The SMILES string of the molecule is Cc1cccn(Cc2ccc(C#CCN)cc2)c1=O. The van der Waals surface area contributed by atoms with Gasteiger partial charge in [0.2, 0.25) is 0 Å². The quantitative estimate of drug-likeness (QED) is 0.824. The van der Waals surface area contributed by atoms with Gasteiger partial charge in [0.05, 0.1) is 13.1 Å². The number of nitrogens with zero attached hydrogens (tertiary/aromatic N) is 1. The maximum absolute atomic E-state index is 11.9. The van der Waals surface area contributed by atoms with Gasteiger partial charge in [0.1, 0.15) is 0 Å². The standard InChI is InChI=1S/C16H16N2O/c1-13-4-3-11-18(16(13)19)12-15-8-6-14(7-9-15)5-2-10-17/h3-4,6-9,11H,10,12,17H2,1H3. The van der Waals surface area contributed by atoms with Gasteiger partial charge in [0.25, 0.3) is 5.56 Å². The third kappa shape index (κ3) is 3.34. The molecule has 0 spiro atoms. The molecule has 1 heterocycles. The lowest BCUT2D eigenvalue weighted by Gasteiger charge is -2.06. The van der Waals surface area contributed by atoms with Crippen molar-refractivity contribution >= 4 is 0 Å². The number of benzene rings is 1. The van der Waals surface area contributed by atoms with Crippen molar-refractivity contribution in [3.63, 3.8) is 0 Å². The first-order valence-electron chi connectivity index (χ1n) is 6.14. The van der Waals surface area contributed by atoms with Crippen LogP contribution in [0.2, 0.25) is 0 Å². The maximum Gasteiger partial charge on any atom is 0.253 e. The molecule has 2 N–H and O–H groups in total. The molecule has 3 nitrogen and oxygen atoms in total. The number of hydrogen-bond donors (Lipinski definition) is 1. The topological polar surface area (TPSA) is 48.0 Å². The highest BCUT2D eigenvalue weighted by atomic mass is 16.1. The summed E-state index contributed by atoms with van der Waals surface area (Å²) in [6, 6.07) is 11.6. The smallest absolute Gasteiger partial charge is 0.253 e. The summed E-state index contributed by atoms with van der Waals surface area (Å²) < 4.78 is 1.70. The van der Waals surface area contributed by atoms with Crippen molar-refractivity contribution in [1.82, 2.24) is 4.57 Å². The van der Waals surface area contributed by atoms with Crippen LogP contribution in [0, 0.1) is 18.8 Å². The third-order valence-corrected chi connectivity index (χ3v) is 2.85. The molecular weight excluding hydrogens is 236 g/mol. The van der Waals surface area contributed by atoms with Crippen LogP contribution in [0.4, 0.5) is 0 Å². The minimum Gasteiger partial charge on any atom is -0.320 e. The first kappa shape index (κ1) is 13.1. The van der Waals surface area contributed by atoms with Gasteiger partial charge in [0, 0.05) is 17.3 Å². The third-order valence-electron chi connectivity index (χ3n) is 2.85. The molecule has 0 aliphatic carbocycles. The van der Waals surface area contributed by atoms with Crippen molar-refractivity contribution in [3.05, 3.63) is 69.6 Å². The van der Waals surface area contributed by atoms with Crippen molar-refractivity contribution in [2.45, 2.75) is 13.5 Å². The normalized spacial score (nSPS) is 9.79. The molecule has 0 amide bonds. The van der Waals surface area contributed by atoms with E-state index in [0.29, 0.717) is 13.1 Å². The molecule has 1 aromatic heterocycles. The van der Waals surface area contributed by atoms with Crippen LogP contribution in [0.3, 0.4) is 0 Å². The van der Waals surface area contributed by atoms with Crippen molar-refractivity contribution in [3.8, 4) is 11.8 Å². The van der Waals surface area contributed by atoms with Gasteiger partial charge in [-0.2, -0.15) is 0 Å². The number of nitrogens with two attached hydrogens (primary N) is 1. The Bertz CT molecular complexity index is 672. The summed E-state index contributed by atoms with van der Waals surface area (Å²) in [7, 11) is 0. The Morgan fingerprint density at radius 1 is 1.21 bits per heavy atom. The molecule has 0 unspecified atom stereocenters. The molecule has 2 rings (SSSR count). The molecule has 3 heteroatoms. The largest absolute Gasteiger partial charge is 0.320 e. The van der Waals surface area contributed by atoms with E-state index in [-0.39, 0.29) is 5.56 Å². The van der Waals surface area contributed by atoms with Crippen molar-refractivity contribution in [2.24, 2.45) is 5.73 Å². The predicted octanol–water partition coefficient (Wildman–Crippen LogP) is 1.52. The van der Waals surface area contributed by atoms with Gasteiger partial charge < -0.3 is 10.3 Å². The van der Waals surface area contributed by atoms with Crippen molar-refractivity contribution in [1.29, 1.82) is 0 Å². The zero-order valence-corrected chi connectivity index (χ0v) is 10.9. The molecule has 0 bridgehead atoms. The van der Waals surface area contributed by atoms with Crippen LogP contribution in [0.1, 0.15) is 16.7 Å². The molecule has 0 aliphatic heterocycles. The average molecular weight is 252 g/mol. The highest BCUT2D eigenvalue weighted by molar-refractivity contribution is 5.36. The van der Waals surface area contributed by atoms with Crippen LogP contribution in [0.5, 0.6) is 0 Å². The monoisotopic (exact) mass is 252 g/mol. The molecule has 2 aromatic rings. The Labute approximate surface area is 112 Å². The number of hydrogen-bond acceptors (Lipinski definition) is 2. The van der Waals surface area contributed by atoms with Gasteiger partial charge in [-0.15, -0.1) is 0 Å². The van der Waals surface area contributed by atoms with Gasteiger partial charge >= 0.3 is 0 Å². The second-order valence-electron chi connectivity index (χ2n) is 4.33. The lowest BCUT2D eigenvalue weighted by atomic mass is 10.1. The number of rotatable bonds is 2. The van der Waals surface area contributed by atoms with Gasteiger partial charge in [-0.05, 0) is 30.7 Å². The zero-order valence-electron chi connectivity index (χ0n) is 10.9. The van der Waals surface area contributed by atoms with E-state index >= 15 is 0 Å². The lowest BCUT2D eigenvalue weighted by molar-refractivity contribution is 0.752. The van der Waals surface area contributed by atoms with Crippen LogP contribution in [0.15, 0.2) is 47.4 Å². The molecular formula is C16H16N2O. The second-order valence-corrected chi connectivity index (χ2v) is 4.33. The summed E-state index contributed by atoms with van der Waals surface area (Å²) in [4.78, 5) is 11.9. The fourth-order valence-electron chi connectivity index (χ4n) is 1.82. The molecule has 0 saturated carbocycles. The van der Waals surface area contributed by atoms with E-state index in [1.165, 1.54) is 0 Å². The minimum absolute atomic E-state index is 0.0505. The van der Waals surface area contributed by atoms with E-state index in [4.69, 9.17) is 5.73 Å². The summed E-state index contributed by atoms with van der Waals surface area (Å²) in [6.07, 6.45) is 1.80. The highest BCUT2D eigenvalue weighted by Gasteiger charge is 2.00. The van der Waals surface area contributed by atoms with E-state index in [0.717, 1.165) is 16.7 Å². The van der Waals surface area contributed by atoms with Gasteiger partial charge in [-0.3, -0.25) is 4.79 Å². The predicted molar refractivity (Wildman–Crippen MR) is 76.9 cm³/mol. The number of pyridine rings is 1. The summed E-state index contributed by atoms with van der Waals surface area (Å²) in [5, 5.41) is 0. The molecule has 0 fully saturated rings. The Morgan fingerprint density at radius 2 is 1.95 bits per heavy atom. The second kappa shape index (κ2) is 6.03. The minimum atomic E-state index is 0.0505. The lowest BCUT2D eigenvalue weighted by Crippen LogP contribution is -2.21. The molecule has 0 aliphatic rings. The average Bonchev–Trinajstić information content (AvgIpc) is 2.43. The Balaban J connectivity index is 2.20. The Kier molecular flexibility index (Phi) is 4.17. The van der Waals surface area contributed by atoms with Crippen LogP contribution < -0.4 is 11.3 Å². The highest BCUT2D eigenvalue weighted by Crippen LogP contribution is 2.05. The van der Waals surface area contributed by atoms with Crippen LogP contribution in [-0.4, -0.2) is 11.1 Å². The first-order valence-corrected chi connectivity index (χ1v) is 6.14. The number of aromatic nitrogens is 1. The van der Waals surface area contributed by atoms with Gasteiger partial charge in [-0.1, -0.05) is 30.0 Å². The molecule has 19 heavy (non-hydrogen) atoms. The summed E-state index contributed by atoms with van der Waals surface area (Å²) in [6.45, 7) is 2.76. The summed E-state index contributed by atoms with van der Waals surface area (Å²) in [5.74, 6) is 5.79. The number of aryl methyl sites for hydroxylation is 1. The fourth-order valence-corrected chi connectivity index (χ4v) is 1.82. The molecule has 96 valence electrons. The maximum atomic E-state index is 11.9. The van der Waals surface area contributed by atoms with Crippen LogP contribution in [-0.2, 0) is 6.54 Å².